The van der Waals surface area contributed by atoms with Gasteiger partial charge in [0.15, 0.2) is 23.3 Å². The maximum atomic E-state index is 13.5. The monoisotopic (exact) mass is 364 g/mol. The van der Waals surface area contributed by atoms with Gasteiger partial charge in [-0.2, -0.15) is 0 Å². The molecule has 2 aromatic carbocycles. The molecule has 2 rings (SSSR count). The number of benzene rings is 2. The van der Waals surface area contributed by atoms with E-state index >= 15 is 0 Å². The molecule has 0 bridgehead atoms. The van der Waals surface area contributed by atoms with Gasteiger partial charge >= 0.3 is 6.03 Å². The summed E-state index contributed by atoms with van der Waals surface area (Å²) in [4.78, 5) is 11.8. The summed E-state index contributed by atoms with van der Waals surface area (Å²) in [5.41, 5.74) is -0.850. The number of carbonyl (C=O) groups is 1. The lowest BCUT2D eigenvalue weighted by Crippen LogP contribution is -2.32. The molecule has 2 amide bonds. The third kappa shape index (κ3) is 3.59. The Morgan fingerprint density at radius 1 is 1.00 bits per heavy atom. The number of amides is 2. The van der Waals surface area contributed by atoms with E-state index in [1.165, 1.54) is 0 Å². The number of halogens is 6. The smallest absolute Gasteiger partial charge is 0.319 e. The van der Waals surface area contributed by atoms with E-state index < -0.39 is 46.8 Å². The lowest BCUT2D eigenvalue weighted by molar-refractivity contribution is 0.249. The molecule has 0 saturated heterocycles. The van der Waals surface area contributed by atoms with Gasteiger partial charge in [-0.3, -0.25) is 0 Å². The topological polar surface area (TPSA) is 41.1 Å². The van der Waals surface area contributed by atoms with E-state index in [4.69, 9.17) is 11.6 Å². The summed E-state index contributed by atoms with van der Waals surface area (Å²) in [6.07, 6.45) is 0. The van der Waals surface area contributed by atoms with Crippen LogP contribution < -0.4 is 10.6 Å². The minimum absolute atomic E-state index is 0.404. The summed E-state index contributed by atoms with van der Waals surface area (Å²) in [5, 5.41) is 4.33. The van der Waals surface area contributed by atoms with Gasteiger partial charge in [-0.25, -0.2) is 26.7 Å². The van der Waals surface area contributed by atoms with Gasteiger partial charge < -0.3 is 10.6 Å². The number of anilines is 1. The fraction of sp³-hybridized carbons (Fsp3) is 0.133. The lowest BCUT2D eigenvalue weighted by Gasteiger charge is -2.16. The first-order chi connectivity index (χ1) is 11.2. The number of rotatable bonds is 3. The minimum Gasteiger partial charge on any atom is -0.331 e. The first-order valence-corrected chi connectivity index (χ1v) is 6.94. The van der Waals surface area contributed by atoms with Crippen LogP contribution in [0.15, 0.2) is 24.3 Å². The van der Waals surface area contributed by atoms with Crippen molar-refractivity contribution in [3.63, 3.8) is 0 Å². The van der Waals surface area contributed by atoms with Gasteiger partial charge in [-0.15, -0.1) is 0 Å². The van der Waals surface area contributed by atoms with Crippen molar-refractivity contribution in [1.82, 2.24) is 5.32 Å². The Balaban J connectivity index is 2.19. The maximum absolute atomic E-state index is 13.5. The van der Waals surface area contributed by atoms with Crippen LogP contribution >= 0.6 is 11.6 Å². The first kappa shape index (κ1) is 18.0. The molecule has 128 valence electrons. The quantitative estimate of drug-likeness (QED) is 0.453. The van der Waals surface area contributed by atoms with Crippen molar-refractivity contribution in [3.05, 3.63) is 63.9 Å². The second-order valence-corrected chi connectivity index (χ2v) is 5.26. The lowest BCUT2D eigenvalue weighted by atomic mass is 10.1. The molecule has 24 heavy (non-hydrogen) atoms. The number of nitrogens with one attached hydrogen (secondary N) is 2. The number of urea groups is 1. The summed E-state index contributed by atoms with van der Waals surface area (Å²) >= 11 is 5.80. The molecular formula is C15H10ClF5N2O. The molecule has 0 fully saturated rings. The van der Waals surface area contributed by atoms with E-state index in [1.54, 1.807) is 36.5 Å². The predicted octanol–water partition coefficient (Wildman–Crippen LogP) is 4.92. The largest absolute Gasteiger partial charge is 0.331 e. The van der Waals surface area contributed by atoms with Gasteiger partial charge in [0.2, 0.25) is 5.82 Å². The van der Waals surface area contributed by atoms with E-state index in [-0.39, 0.29) is 0 Å². The third-order valence-corrected chi connectivity index (χ3v) is 3.38. The van der Waals surface area contributed by atoms with Crippen molar-refractivity contribution in [2.24, 2.45) is 0 Å². The zero-order valence-corrected chi connectivity index (χ0v) is 12.8. The molecule has 0 aliphatic rings. The molecule has 0 saturated carbocycles. The Bertz CT molecular complexity index is 771. The number of hydrogen-bond donors (Lipinski definition) is 2. The zero-order valence-electron chi connectivity index (χ0n) is 12.1. The minimum atomic E-state index is -2.30. The molecule has 0 spiro atoms. The van der Waals surface area contributed by atoms with Crippen LogP contribution in [-0.2, 0) is 0 Å². The summed E-state index contributed by atoms with van der Waals surface area (Å²) in [7, 11) is 0. The van der Waals surface area contributed by atoms with E-state index in [1.807, 2.05) is 0 Å². The molecule has 0 aromatic heterocycles. The van der Waals surface area contributed by atoms with Gasteiger partial charge in [0.05, 0.1) is 6.04 Å². The van der Waals surface area contributed by atoms with Crippen molar-refractivity contribution >= 4 is 23.3 Å². The average molecular weight is 365 g/mol. The Morgan fingerprint density at radius 2 is 1.54 bits per heavy atom. The van der Waals surface area contributed by atoms with Crippen molar-refractivity contribution in [1.29, 1.82) is 0 Å². The van der Waals surface area contributed by atoms with Gasteiger partial charge in [0, 0.05) is 5.02 Å². The van der Waals surface area contributed by atoms with Crippen molar-refractivity contribution in [3.8, 4) is 0 Å². The van der Waals surface area contributed by atoms with E-state index in [2.05, 4.69) is 5.32 Å². The molecular weight excluding hydrogens is 355 g/mol. The molecule has 0 heterocycles. The van der Waals surface area contributed by atoms with Crippen LogP contribution in [0.3, 0.4) is 0 Å². The Morgan fingerprint density at radius 3 is 2.08 bits per heavy atom. The normalized spacial score (nSPS) is 12.0. The average Bonchev–Trinajstić information content (AvgIpc) is 2.55. The fourth-order valence-corrected chi connectivity index (χ4v) is 2.12. The molecule has 1 atom stereocenters. The predicted molar refractivity (Wildman–Crippen MR) is 78.3 cm³/mol. The zero-order chi connectivity index (χ0) is 18.0. The summed E-state index contributed by atoms with van der Waals surface area (Å²) < 4.78 is 66.1. The third-order valence-electron chi connectivity index (χ3n) is 3.14. The van der Waals surface area contributed by atoms with Gasteiger partial charge in [0.25, 0.3) is 0 Å². The second kappa shape index (κ2) is 7.04. The number of hydrogen-bond acceptors (Lipinski definition) is 1. The molecule has 3 nitrogen and oxygen atoms in total. The van der Waals surface area contributed by atoms with Crippen LogP contribution in [0.1, 0.15) is 18.5 Å². The van der Waals surface area contributed by atoms with E-state index in [9.17, 15) is 26.7 Å². The van der Waals surface area contributed by atoms with Crippen molar-refractivity contribution < 1.29 is 26.7 Å². The molecule has 9 heteroatoms. The van der Waals surface area contributed by atoms with Gasteiger partial charge in [-0.05, 0) is 24.6 Å². The summed E-state index contributed by atoms with van der Waals surface area (Å²) in [6.45, 7) is 1.55. The van der Waals surface area contributed by atoms with Crippen molar-refractivity contribution in [2.45, 2.75) is 13.0 Å². The van der Waals surface area contributed by atoms with Crippen LogP contribution in [0.25, 0.3) is 0 Å². The summed E-state index contributed by atoms with van der Waals surface area (Å²) in [6, 6.07) is 4.63. The van der Waals surface area contributed by atoms with E-state index in [0.29, 0.717) is 10.6 Å². The Labute approximate surface area is 138 Å². The second-order valence-electron chi connectivity index (χ2n) is 4.82. The standard InChI is InChI=1S/C15H10ClF5N2O/c1-6(7-3-2-4-8(16)5-7)22-15(24)23-14-12(20)10(18)9(17)11(19)13(14)21/h2-6H,1H3,(H2,22,23,24). The van der Waals surface area contributed by atoms with Crippen LogP contribution in [0.2, 0.25) is 5.02 Å². The van der Waals surface area contributed by atoms with E-state index in [0.717, 1.165) is 0 Å². The van der Waals surface area contributed by atoms with Gasteiger partial charge in [0.1, 0.15) is 5.69 Å². The SMILES string of the molecule is CC(NC(=O)Nc1c(F)c(F)c(F)c(F)c1F)c1cccc(Cl)c1. The maximum Gasteiger partial charge on any atom is 0.319 e. The summed E-state index contributed by atoms with van der Waals surface area (Å²) in [5.74, 6) is -10.9. The molecule has 1 unspecified atom stereocenters. The highest BCUT2D eigenvalue weighted by molar-refractivity contribution is 6.30. The highest BCUT2D eigenvalue weighted by Gasteiger charge is 2.27. The fourth-order valence-electron chi connectivity index (χ4n) is 1.92. The van der Waals surface area contributed by atoms with Crippen molar-refractivity contribution in [2.75, 3.05) is 5.32 Å². The van der Waals surface area contributed by atoms with Crippen LogP contribution in [-0.4, -0.2) is 6.03 Å². The molecule has 0 aliphatic heterocycles. The highest BCUT2D eigenvalue weighted by atomic mass is 35.5. The molecule has 0 aliphatic carbocycles. The Kier molecular flexibility index (Phi) is 5.28. The Hall–Kier alpha value is -2.35. The van der Waals surface area contributed by atoms with Crippen LogP contribution in [0.4, 0.5) is 32.4 Å². The van der Waals surface area contributed by atoms with Crippen LogP contribution in [0.5, 0.6) is 0 Å². The van der Waals surface area contributed by atoms with Crippen LogP contribution in [0, 0.1) is 29.1 Å². The molecule has 2 N–H and O–H groups in total. The number of carbonyl (C=O) groups excluding carboxylic acids is 1. The highest BCUT2D eigenvalue weighted by Crippen LogP contribution is 2.27. The first-order valence-electron chi connectivity index (χ1n) is 6.56. The van der Waals surface area contributed by atoms with Gasteiger partial charge in [-0.1, -0.05) is 23.7 Å². The molecule has 0 radical (unpaired) electrons. The molecule has 2 aromatic rings.